The van der Waals surface area contributed by atoms with Crippen LogP contribution in [0.25, 0.3) is 0 Å². The Labute approximate surface area is 131 Å². The number of likely N-dealkylation sites (N-methyl/N-ethyl adjacent to an activating group) is 1. The summed E-state index contributed by atoms with van der Waals surface area (Å²) in [6, 6.07) is 5.36. The molecule has 0 saturated heterocycles. The largest absolute Gasteiger partial charge is 0.493 e. The van der Waals surface area contributed by atoms with E-state index in [4.69, 9.17) is 14.6 Å². The maximum atomic E-state index is 10.9. The molecule has 1 fully saturated rings. The van der Waals surface area contributed by atoms with E-state index in [0.29, 0.717) is 18.1 Å². The Balaban J connectivity index is 1.74. The summed E-state index contributed by atoms with van der Waals surface area (Å²) in [5, 5.41) is 12.4. The molecule has 1 aliphatic rings. The Kier molecular flexibility index (Phi) is 6.03. The fourth-order valence-electron chi connectivity index (χ4n) is 2.09. The van der Waals surface area contributed by atoms with Crippen molar-refractivity contribution in [2.45, 2.75) is 18.9 Å². The molecule has 0 aliphatic heterocycles. The third-order valence-corrected chi connectivity index (χ3v) is 3.65. The van der Waals surface area contributed by atoms with Gasteiger partial charge in [-0.3, -0.25) is 0 Å². The van der Waals surface area contributed by atoms with E-state index < -0.39 is 5.97 Å². The van der Waals surface area contributed by atoms with Crippen LogP contribution in [0.3, 0.4) is 0 Å². The third kappa shape index (κ3) is 5.20. The highest BCUT2D eigenvalue weighted by Gasteiger charge is 2.19. The van der Waals surface area contributed by atoms with E-state index in [-0.39, 0.29) is 5.56 Å². The number of nitrogens with zero attached hydrogens (tertiary/aromatic N) is 1. The maximum Gasteiger partial charge on any atom is 0.335 e. The Morgan fingerprint density at radius 1 is 1.36 bits per heavy atom. The van der Waals surface area contributed by atoms with Gasteiger partial charge in [-0.05, 0) is 38.1 Å². The minimum Gasteiger partial charge on any atom is -0.493 e. The summed E-state index contributed by atoms with van der Waals surface area (Å²) in [5.74, 6) is 0.0303. The zero-order valence-electron chi connectivity index (χ0n) is 13.2. The molecule has 0 spiro atoms. The van der Waals surface area contributed by atoms with E-state index in [1.807, 2.05) is 0 Å². The van der Waals surface area contributed by atoms with Crippen molar-refractivity contribution in [2.24, 2.45) is 0 Å². The zero-order chi connectivity index (χ0) is 15.9. The number of nitrogens with one attached hydrogen (secondary N) is 1. The first kappa shape index (κ1) is 16.6. The van der Waals surface area contributed by atoms with Gasteiger partial charge in [-0.2, -0.15) is 0 Å². The van der Waals surface area contributed by atoms with Crippen LogP contribution in [0.4, 0.5) is 0 Å². The second kappa shape index (κ2) is 8.00. The number of carboxylic acids is 1. The molecule has 2 rings (SSSR count). The van der Waals surface area contributed by atoms with Crippen LogP contribution in [0.5, 0.6) is 11.5 Å². The number of rotatable bonds is 10. The number of hydrogen-bond acceptors (Lipinski definition) is 5. The fraction of sp³-hybridized carbons (Fsp3) is 0.562. The molecule has 0 aromatic heterocycles. The van der Waals surface area contributed by atoms with Gasteiger partial charge in [0.25, 0.3) is 0 Å². The molecular formula is C16H24N2O4. The quantitative estimate of drug-likeness (QED) is 0.682. The van der Waals surface area contributed by atoms with Crippen LogP contribution in [0.2, 0.25) is 0 Å². The van der Waals surface area contributed by atoms with E-state index in [9.17, 15) is 4.79 Å². The smallest absolute Gasteiger partial charge is 0.335 e. The molecule has 22 heavy (non-hydrogen) atoms. The number of carboxylic acid groups (broad SMARTS) is 1. The summed E-state index contributed by atoms with van der Waals surface area (Å²) in [6.07, 6.45) is 2.61. The SMILES string of the molecule is COc1cc(C(=O)O)ccc1OCCN(C)CCNC1CC1. The first-order chi connectivity index (χ1) is 10.6. The van der Waals surface area contributed by atoms with Crippen LogP contribution < -0.4 is 14.8 Å². The van der Waals surface area contributed by atoms with Crippen molar-refractivity contribution in [3.05, 3.63) is 23.8 Å². The average Bonchev–Trinajstić information content (AvgIpc) is 3.31. The molecule has 1 saturated carbocycles. The van der Waals surface area contributed by atoms with Crippen molar-refractivity contribution in [3.63, 3.8) is 0 Å². The lowest BCUT2D eigenvalue weighted by molar-refractivity contribution is 0.0696. The second-order valence-electron chi connectivity index (χ2n) is 5.55. The third-order valence-electron chi connectivity index (χ3n) is 3.65. The summed E-state index contributed by atoms with van der Waals surface area (Å²) in [7, 11) is 3.56. The molecule has 0 atom stereocenters. The molecule has 122 valence electrons. The van der Waals surface area contributed by atoms with E-state index in [1.54, 1.807) is 6.07 Å². The minimum atomic E-state index is -0.979. The van der Waals surface area contributed by atoms with Gasteiger partial charge < -0.3 is 24.8 Å². The molecule has 2 N–H and O–H groups in total. The lowest BCUT2D eigenvalue weighted by Gasteiger charge is -2.18. The van der Waals surface area contributed by atoms with Crippen molar-refractivity contribution in [2.75, 3.05) is 40.4 Å². The Morgan fingerprint density at radius 2 is 2.14 bits per heavy atom. The molecule has 0 radical (unpaired) electrons. The lowest BCUT2D eigenvalue weighted by atomic mass is 10.2. The number of carbonyl (C=O) groups is 1. The second-order valence-corrected chi connectivity index (χ2v) is 5.55. The normalized spacial score (nSPS) is 14.1. The standard InChI is InChI=1S/C16H24N2O4/c1-18(8-7-17-13-4-5-13)9-10-22-14-6-3-12(16(19)20)11-15(14)21-2/h3,6,11,13,17H,4-5,7-10H2,1-2H3,(H,19,20). The molecule has 6 nitrogen and oxygen atoms in total. The highest BCUT2D eigenvalue weighted by molar-refractivity contribution is 5.88. The first-order valence-electron chi connectivity index (χ1n) is 7.56. The molecule has 1 aromatic rings. The van der Waals surface area contributed by atoms with Crippen LogP contribution in [-0.2, 0) is 0 Å². The molecule has 0 unspecified atom stereocenters. The van der Waals surface area contributed by atoms with Gasteiger partial charge >= 0.3 is 5.97 Å². The summed E-state index contributed by atoms with van der Waals surface area (Å²) >= 11 is 0. The number of aromatic carboxylic acids is 1. The number of hydrogen-bond donors (Lipinski definition) is 2. The van der Waals surface area contributed by atoms with Gasteiger partial charge in [0.05, 0.1) is 12.7 Å². The van der Waals surface area contributed by atoms with E-state index >= 15 is 0 Å². The summed E-state index contributed by atoms with van der Waals surface area (Å²) < 4.78 is 10.9. The van der Waals surface area contributed by atoms with Gasteiger partial charge in [0.2, 0.25) is 0 Å². The zero-order valence-corrected chi connectivity index (χ0v) is 13.2. The van der Waals surface area contributed by atoms with Crippen LogP contribution in [-0.4, -0.2) is 62.4 Å². The molecule has 0 bridgehead atoms. The van der Waals surface area contributed by atoms with Gasteiger partial charge in [-0.1, -0.05) is 0 Å². The lowest BCUT2D eigenvalue weighted by Crippen LogP contribution is -2.32. The Bertz CT molecular complexity index is 503. The van der Waals surface area contributed by atoms with Crippen LogP contribution in [0.1, 0.15) is 23.2 Å². The number of benzene rings is 1. The highest BCUT2D eigenvalue weighted by atomic mass is 16.5. The fourth-order valence-corrected chi connectivity index (χ4v) is 2.09. The summed E-state index contributed by atoms with van der Waals surface area (Å²) in [5.41, 5.74) is 0.187. The van der Waals surface area contributed by atoms with E-state index in [1.165, 1.54) is 32.1 Å². The molecule has 0 heterocycles. The Morgan fingerprint density at radius 3 is 2.77 bits per heavy atom. The monoisotopic (exact) mass is 308 g/mol. The molecule has 6 heteroatoms. The number of methoxy groups -OCH3 is 1. The van der Waals surface area contributed by atoms with Crippen molar-refractivity contribution in [1.82, 2.24) is 10.2 Å². The van der Waals surface area contributed by atoms with Gasteiger partial charge in [-0.25, -0.2) is 4.79 Å². The summed E-state index contributed by atoms with van der Waals surface area (Å²) in [6.45, 7) is 3.31. The average molecular weight is 308 g/mol. The minimum absolute atomic E-state index is 0.187. The maximum absolute atomic E-state index is 10.9. The van der Waals surface area contributed by atoms with Crippen molar-refractivity contribution < 1.29 is 19.4 Å². The van der Waals surface area contributed by atoms with Crippen LogP contribution >= 0.6 is 0 Å². The van der Waals surface area contributed by atoms with E-state index in [0.717, 1.165) is 25.7 Å². The van der Waals surface area contributed by atoms with Crippen LogP contribution in [0, 0.1) is 0 Å². The Hall–Kier alpha value is -1.79. The van der Waals surface area contributed by atoms with Crippen molar-refractivity contribution in [3.8, 4) is 11.5 Å². The first-order valence-corrected chi connectivity index (χ1v) is 7.56. The van der Waals surface area contributed by atoms with Crippen LogP contribution in [0.15, 0.2) is 18.2 Å². The van der Waals surface area contributed by atoms with Crippen molar-refractivity contribution >= 4 is 5.97 Å². The topological polar surface area (TPSA) is 71.0 Å². The molecule has 1 aromatic carbocycles. The van der Waals surface area contributed by atoms with Gasteiger partial charge in [0.1, 0.15) is 6.61 Å². The summed E-state index contributed by atoms with van der Waals surface area (Å²) in [4.78, 5) is 13.1. The van der Waals surface area contributed by atoms with Crippen molar-refractivity contribution in [1.29, 1.82) is 0 Å². The van der Waals surface area contributed by atoms with E-state index in [2.05, 4.69) is 17.3 Å². The van der Waals surface area contributed by atoms with Gasteiger partial charge in [0, 0.05) is 25.7 Å². The van der Waals surface area contributed by atoms with Gasteiger partial charge in [0.15, 0.2) is 11.5 Å². The molecular weight excluding hydrogens is 284 g/mol. The predicted octanol–water partition coefficient (Wildman–Crippen LogP) is 1.46. The molecule has 0 amide bonds. The number of ether oxygens (including phenoxy) is 2. The predicted molar refractivity (Wildman–Crippen MR) is 84.0 cm³/mol. The molecule has 1 aliphatic carbocycles. The highest BCUT2D eigenvalue weighted by Crippen LogP contribution is 2.28. The van der Waals surface area contributed by atoms with Gasteiger partial charge in [-0.15, -0.1) is 0 Å².